The lowest BCUT2D eigenvalue weighted by molar-refractivity contribution is 0.0594. The van der Waals surface area contributed by atoms with Gasteiger partial charge in [0.2, 0.25) is 0 Å². The summed E-state index contributed by atoms with van der Waals surface area (Å²) in [5.41, 5.74) is 0.411. The molecule has 0 atom stereocenters. The lowest BCUT2D eigenvalue weighted by Crippen LogP contribution is -2.35. The van der Waals surface area contributed by atoms with Crippen LogP contribution in [0.1, 0.15) is 10.4 Å². The Morgan fingerprint density at radius 2 is 2.31 bits per heavy atom. The number of carbonyl (C=O) groups is 1. The maximum absolute atomic E-state index is 11.5. The van der Waals surface area contributed by atoms with Gasteiger partial charge in [0.05, 0.1) is 5.56 Å². The van der Waals surface area contributed by atoms with Crippen LogP contribution in [0, 0.1) is 0 Å². The molecular weight excluding hydrogens is 170 g/mol. The summed E-state index contributed by atoms with van der Waals surface area (Å²) in [4.78, 5) is 12.9. The van der Waals surface area contributed by atoms with E-state index in [0.717, 1.165) is 0 Å². The molecule has 0 fully saturated rings. The molecule has 4 nitrogen and oxygen atoms in total. The fraction of sp³-hybridized carbons (Fsp3) is 0.222. The van der Waals surface area contributed by atoms with Crippen molar-refractivity contribution in [3.8, 4) is 11.5 Å². The predicted molar refractivity (Wildman–Crippen MR) is 45.7 cm³/mol. The molecule has 0 radical (unpaired) electrons. The van der Waals surface area contributed by atoms with E-state index >= 15 is 0 Å². The maximum Gasteiger partial charge on any atom is 0.260 e. The fourth-order valence-electron chi connectivity index (χ4n) is 1.24. The van der Waals surface area contributed by atoms with Crippen LogP contribution in [0.2, 0.25) is 0 Å². The zero-order valence-electron chi connectivity index (χ0n) is 7.15. The summed E-state index contributed by atoms with van der Waals surface area (Å²) in [7, 11) is 1.65. The van der Waals surface area contributed by atoms with Crippen molar-refractivity contribution < 1.29 is 14.6 Å². The summed E-state index contributed by atoms with van der Waals surface area (Å²) in [6.45, 7) is 0.261. The van der Waals surface area contributed by atoms with Crippen molar-refractivity contribution in [2.75, 3.05) is 13.8 Å². The smallest absolute Gasteiger partial charge is 0.260 e. The predicted octanol–water partition coefficient (Wildman–Crippen LogP) is 0.814. The monoisotopic (exact) mass is 179 g/mol. The van der Waals surface area contributed by atoms with Crippen LogP contribution in [-0.2, 0) is 0 Å². The number of rotatable bonds is 0. The summed E-state index contributed by atoms with van der Waals surface area (Å²) in [5, 5.41) is 9.17. The first-order valence-electron chi connectivity index (χ1n) is 3.90. The Labute approximate surface area is 75.3 Å². The van der Waals surface area contributed by atoms with Crippen LogP contribution in [-0.4, -0.2) is 29.7 Å². The van der Waals surface area contributed by atoms with E-state index in [2.05, 4.69) is 0 Å². The molecule has 1 aromatic rings. The molecule has 1 N–H and O–H groups in total. The molecule has 1 aliphatic heterocycles. The minimum absolute atomic E-state index is 0.0750. The van der Waals surface area contributed by atoms with Crippen LogP contribution in [0.25, 0.3) is 0 Å². The molecule has 1 amide bonds. The van der Waals surface area contributed by atoms with Crippen LogP contribution in [0.3, 0.4) is 0 Å². The number of amides is 1. The Bertz CT molecular complexity index is 362. The van der Waals surface area contributed by atoms with Crippen molar-refractivity contribution in [1.29, 1.82) is 0 Å². The molecular formula is C9H9NO3. The van der Waals surface area contributed by atoms with Crippen LogP contribution < -0.4 is 4.74 Å². The Balaban J connectivity index is 2.51. The number of aromatic hydroxyl groups is 1. The first kappa shape index (κ1) is 7.91. The Morgan fingerprint density at radius 3 is 3.08 bits per heavy atom. The zero-order chi connectivity index (χ0) is 9.42. The highest BCUT2D eigenvalue weighted by molar-refractivity contribution is 5.97. The van der Waals surface area contributed by atoms with Crippen molar-refractivity contribution >= 4 is 5.91 Å². The summed E-state index contributed by atoms with van der Waals surface area (Å²) < 4.78 is 5.26. The lowest BCUT2D eigenvalue weighted by atomic mass is 10.1. The molecule has 0 aromatic heterocycles. The van der Waals surface area contributed by atoms with Gasteiger partial charge >= 0.3 is 0 Å². The van der Waals surface area contributed by atoms with E-state index in [0.29, 0.717) is 11.3 Å². The topological polar surface area (TPSA) is 49.8 Å². The van der Waals surface area contributed by atoms with E-state index in [9.17, 15) is 4.79 Å². The average molecular weight is 179 g/mol. The van der Waals surface area contributed by atoms with Gasteiger partial charge in [-0.05, 0) is 18.2 Å². The average Bonchev–Trinajstić information content (AvgIpc) is 2.12. The number of hydrogen-bond acceptors (Lipinski definition) is 3. The number of fused-ring (bicyclic) bond motifs is 1. The highest BCUT2D eigenvalue weighted by Gasteiger charge is 2.22. The third-order valence-electron chi connectivity index (χ3n) is 1.95. The van der Waals surface area contributed by atoms with Crippen LogP contribution >= 0.6 is 0 Å². The van der Waals surface area contributed by atoms with E-state index in [-0.39, 0.29) is 18.4 Å². The third-order valence-corrected chi connectivity index (χ3v) is 1.95. The van der Waals surface area contributed by atoms with E-state index in [4.69, 9.17) is 9.84 Å². The van der Waals surface area contributed by atoms with Gasteiger partial charge in [-0.15, -0.1) is 0 Å². The van der Waals surface area contributed by atoms with Crippen LogP contribution in [0.15, 0.2) is 18.2 Å². The fourth-order valence-corrected chi connectivity index (χ4v) is 1.24. The molecule has 0 unspecified atom stereocenters. The molecule has 0 saturated carbocycles. The second kappa shape index (κ2) is 2.65. The van der Waals surface area contributed by atoms with Gasteiger partial charge in [-0.2, -0.15) is 0 Å². The van der Waals surface area contributed by atoms with Crippen molar-refractivity contribution in [2.24, 2.45) is 0 Å². The number of ether oxygens (including phenoxy) is 1. The maximum atomic E-state index is 11.5. The molecule has 1 heterocycles. The van der Waals surface area contributed by atoms with Gasteiger partial charge in [-0.1, -0.05) is 0 Å². The quantitative estimate of drug-likeness (QED) is 0.641. The summed E-state index contributed by atoms with van der Waals surface area (Å²) >= 11 is 0. The van der Waals surface area contributed by atoms with Crippen molar-refractivity contribution in [3.05, 3.63) is 23.8 Å². The highest BCUT2D eigenvalue weighted by Crippen LogP contribution is 2.27. The molecule has 2 rings (SSSR count). The van der Waals surface area contributed by atoms with Crippen molar-refractivity contribution in [1.82, 2.24) is 4.90 Å². The van der Waals surface area contributed by atoms with Crippen molar-refractivity contribution in [3.63, 3.8) is 0 Å². The standard InChI is InChI=1S/C9H9NO3/c1-10-5-13-8-3-2-6(11)4-7(8)9(10)12/h2-4,11H,5H2,1H3. The first-order valence-corrected chi connectivity index (χ1v) is 3.90. The Kier molecular flexibility index (Phi) is 1.62. The van der Waals surface area contributed by atoms with Gasteiger partial charge in [0.1, 0.15) is 11.5 Å². The number of benzene rings is 1. The molecule has 0 saturated heterocycles. The Hall–Kier alpha value is -1.71. The molecule has 13 heavy (non-hydrogen) atoms. The van der Waals surface area contributed by atoms with Gasteiger partial charge in [-0.3, -0.25) is 4.79 Å². The van der Waals surface area contributed by atoms with Gasteiger partial charge in [0.15, 0.2) is 6.73 Å². The molecule has 4 heteroatoms. The molecule has 0 spiro atoms. The first-order chi connectivity index (χ1) is 6.18. The number of carbonyl (C=O) groups excluding carboxylic acids is 1. The van der Waals surface area contributed by atoms with E-state index in [1.807, 2.05) is 0 Å². The number of hydrogen-bond donors (Lipinski definition) is 1. The summed E-state index contributed by atoms with van der Waals surface area (Å²) in [6.07, 6.45) is 0. The van der Waals surface area contributed by atoms with Crippen LogP contribution in [0.5, 0.6) is 11.5 Å². The number of phenols is 1. The normalized spacial score (nSPS) is 15.2. The molecule has 1 aliphatic rings. The van der Waals surface area contributed by atoms with E-state index in [1.165, 1.54) is 17.0 Å². The van der Waals surface area contributed by atoms with Crippen LogP contribution in [0.4, 0.5) is 0 Å². The number of phenolic OH excluding ortho intramolecular Hbond substituents is 1. The minimum Gasteiger partial charge on any atom is -0.508 e. The second-order valence-electron chi connectivity index (χ2n) is 2.96. The van der Waals surface area contributed by atoms with E-state index in [1.54, 1.807) is 13.1 Å². The summed E-state index contributed by atoms with van der Waals surface area (Å²) in [6, 6.07) is 4.50. The SMILES string of the molecule is CN1COc2ccc(O)cc2C1=O. The molecule has 0 aliphatic carbocycles. The zero-order valence-corrected chi connectivity index (χ0v) is 7.15. The largest absolute Gasteiger partial charge is 0.508 e. The number of nitrogens with zero attached hydrogens (tertiary/aromatic N) is 1. The third kappa shape index (κ3) is 1.20. The van der Waals surface area contributed by atoms with Crippen molar-refractivity contribution in [2.45, 2.75) is 0 Å². The molecule has 1 aromatic carbocycles. The molecule has 68 valence electrons. The second-order valence-corrected chi connectivity index (χ2v) is 2.96. The Morgan fingerprint density at radius 1 is 1.54 bits per heavy atom. The van der Waals surface area contributed by atoms with Gasteiger partial charge in [-0.25, -0.2) is 0 Å². The van der Waals surface area contributed by atoms with Gasteiger partial charge < -0.3 is 14.7 Å². The molecule has 0 bridgehead atoms. The van der Waals surface area contributed by atoms with Gasteiger partial charge in [0, 0.05) is 7.05 Å². The highest BCUT2D eigenvalue weighted by atomic mass is 16.5. The minimum atomic E-state index is -0.128. The van der Waals surface area contributed by atoms with Gasteiger partial charge in [0.25, 0.3) is 5.91 Å². The van der Waals surface area contributed by atoms with E-state index < -0.39 is 0 Å². The summed E-state index contributed by atoms with van der Waals surface area (Å²) in [5.74, 6) is 0.476. The lowest BCUT2D eigenvalue weighted by Gasteiger charge is -2.25.